The van der Waals surface area contributed by atoms with Crippen LogP contribution in [0.4, 0.5) is 24.9 Å². The first-order chi connectivity index (χ1) is 9.38. The average Bonchev–Trinajstić information content (AvgIpc) is 2.37. The lowest BCUT2D eigenvalue weighted by Gasteiger charge is -2.28. The maximum atomic E-state index is 12.8. The highest BCUT2D eigenvalue weighted by molar-refractivity contribution is 5.43. The second kappa shape index (κ2) is 5.82. The Balaban J connectivity index is 2.18. The fourth-order valence-corrected chi connectivity index (χ4v) is 2.12. The van der Waals surface area contributed by atoms with Crippen molar-refractivity contribution in [2.45, 2.75) is 38.1 Å². The number of hydrogen-bond donors (Lipinski definition) is 2. The van der Waals surface area contributed by atoms with Crippen LogP contribution in [-0.4, -0.2) is 35.8 Å². The number of anilines is 2. The summed E-state index contributed by atoms with van der Waals surface area (Å²) in [6, 6.07) is 0.987. The van der Waals surface area contributed by atoms with Crippen LogP contribution in [0.15, 0.2) is 6.07 Å². The van der Waals surface area contributed by atoms with Crippen molar-refractivity contribution >= 4 is 11.8 Å². The highest BCUT2D eigenvalue weighted by Crippen LogP contribution is 2.30. The second-order valence-electron chi connectivity index (χ2n) is 4.76. The van der Waals surface area contributed by atoms with E-state index in [0.29, 0.717) is 6.61 Å². The monoisotopic (exact) mass is 290 g/mol. The first-order valence-corrected chi connectivity index (χ1v) is 6.40. The van der Waals surface area contributed by atoms with Crippen molar-refractivity contribution in [1.29, 1.82) is 0 Å². The van der Waals surface area contributed by atoms with E-state index in [2.05, 4.69) is 20.6 Å². The minimum absolute atomic E-state index is 0.0533. The van der Waals surface area contributed by atoms with E-state index >= 15 is 0 Å². The standard InChI is InChI=1S/C12H17F3N4O/c1-7-5-8(3-4-20-7)17-10-6-9(12(13,14)15)18-11(16-2)19-10/h6-8H,3-5H2,1-2H3,(H2,16,17,18,19). The number of halogens is 3. The topological polar surface area (TPSA) is 59.1 Å². The first kappa shape index (κ1) is 14.8. The van der Waals surface area contributed by atoms with E-state index < -0.39 is 11.9 Å². The number of rotatable bonds is 3. The predicted octanol–water partition coefficient (Wildman–Crippen LogP) is 2.52. The van der Waals surface area contributed by atoms with Gasteiger partial charge in [-0.2, -0.15) is 18.2 Å². The van der Waals surface area contributed by atoms with Gasteiger partial charge < -0.3 is 15.4 Å². The zero-order valence-corrected chi connectivity index (χ0v) is 11.3. The van der Waals surface area contributed by atoms with Crippen LogP contribution in [-0.2, 0) is 10.9 Å². The molecule has 8 heteroatoms. The van der Waals surface area contributed by atoms with Crippen LogP contribution in [0.2, 0.25) is 0 Å². The van der Waals surface area contributed by atoms with Gasteiger partial charge in [-0.3, -0.25) is 0 Å². The van der Waals surface area contributed by atoms with Crippen molar-refractivity contribution in [3.8, 4) is 0 Å². The minimum atomic E-state index is -4.49. The van der Waals surface area contributed by atoms with Crippen molar-refractivity contribution in [2.75, 3.05) is 24.3 Å². The molecule has 2 atom stereocenters. The molecule has 1 aliphatic heterocycles. The summed E-state index contributed by atoms with van der Waals surface area (Å²) >= 11 is 0. The van der Waals surface area contributed by atoms with Gasteiger partial charge in [-0.05, 0) is 19.8 Å². The van der Waals surface area contributed by atoms with Crippen molar-refractivity contribution in [2.24, 2.45) is 0 Å². The molecule has 2 unspecified atom stereocenters. The van der Waals surface area contributed by atoms with Crippen molar-refractivity contribution in [3.05, 3.63) is 11.8 Å². The maximum Gasteiger partial charge on any atom is 0.433 e. The molecule has 0 radical (unpaired) electrons. The van der Waals surface area contributed by atoms with Crippen LogP contribution in [0.5, 0.6) is 0 Å². The molecule has 1 aliphatic rings. The molecule has 0 spiro atoms. The lowest BCUT2D eigenvalue weighted by Crippen LogP contribution is -2.33. The average molecular weight is 290 g/mol. The second-order valence-corrected chi connectivity index (χ2v) is 4.76. The fourth-order valence-electron chi connectivity index (χ4n) is 2.12. The lowest BCUT2D eigenvalue weighted by molar-refractivity contribution is -0.141. The number of nitrogens with one attached hydrogen (secondary N) is 2. The van der Waals surface area contributed by atoms with Gasteiger partial charge >= 0.3 is 6.18 Å². The first-order valence-electron chi connectivity index (χ1n) is 6.40. The van der Waals surface area contributed by atoms with Gasteiger partial charge in [0.15, 0.2) is 5.69 Å². The van der Waals surface area contributed by atoms with Gasteiger partial charge in [0.2, 0.25) is 5.95 Å². The molecule has 0 bridgehead atoms. The van der Waals surface area contributed by atoms with E-state index in [1.807, 2.05) is 6.92 Å². The molecule has 0 aliphatic carbocycles. The van der Waals surface area contributed by atoms with Gasteiger partial charge in [-0.25, -0.2) is 4.98 Å². The van der Waals surface area contributed by atoms with Crippen LogP contribution in [0.25, 0.3) is 0 Å². The van der Waals surface area contributed by atoms with Crippen molar-refractivity contribution in [1.82, 2.24) is 9.97 Å². The van der Waals surface area contributed by atoms with Gasteiger partial charge in [-0.15, -0.1) is 0 Å². The van der Waals surface area contributed by atoms with E-state index in [-0.39, 0.29) is 23.9 Å². The highest BCUT2D eigenvalue weighted by Gasteiger charge is 2.34. The smallest absolute Gasteiger partial charge is 0.378 e. The number of ether oxygens (including phenoxy) is 1. The SMILES string of the molecule is CNc1nc(NC2CCOC(C)C2)cc(C(F)(F)F)n1. The molecule has 2 rings (SSSR count). The van der Waals surface area contributed by atoms with Crippen LogP contribution >= 0.6 is 0 Å². The number of hydrogen-bond acceptors (Lipinski definition) is 5. The predicted molar refractivity (Wildman–Crippen MR) is 68.6 cm³/mol. The van der Waals surface area contributed by atoms with E-state index in [0.717, 1.165) is 18.9 Å². The Labute approximate surface area is 114 Å². The molecule has 5 nitrogen and oxygen atoms in total. The Kier molecular flexibility index (Phi) is 4.32. The van der Waals surface area contributed by atoms with Crippen molar-refractivity contribution < 1.29 is 17.9 Å². The molecule has 1 saturated heterocycles. The van der Waals surface area contributed by atoms with Crippen molar-refractivity contribution in [3.63, 3.8) is 0 Å². The molecule has 20 heavy (non-hydrogen) atoms. The summed E-state index contributed by atoms with van der Waals surface area (Å²) in [6.07, 6.45) is -2.92. The fraction of sp³-hybridized carbons (Fsp3) is 0.667. The Hall–Kier alpha value is -1.57. The molecule has 112 valence electrons. The molecule has 2 N–H and O–H groups in total. The van der Waals surface area contributed by atoms with Gasteiger partial charge in [0.25, 0.3) is 0 Å². The number of aromatic nitrogens is 2. The summed E-state index contributed by atoms with van der Waals surface area (Å²) < 4.78 is 43.7. The molecule has 1 aromatic rings. The van der Waals surface area contributed by atoms with E-state index in [4.69, 9.17) is 4.74 Å². The number of alkyl halides is 3. The molecule has 2 heterocycles. The van der Waals surface area contributed by atoms with E-state index in [1.165, 1.54) is 7.05 Å². The molecule has 0 saturated carbocycles. The quantitative estimate of drug-likeness (QED) is 0.895. The lowest BCUT2D eigenvalue weighted by atomic mass is 10.0. The van der Waals surface area contributed by atoms with Crippen LogP contribution in [0.3, 0.4) is 0 Å². The zero-order valence-electron chi connectivity index (χ0n) is 11.3. The van der Waals surface area contributed by atoms with Gasteiger partial charge in [-0.1, -0.05) is 0 Å². The normalized spacial score (nSPS) is 23.4. The van der Waals surface area contributed by atoms with E-state index in [1.54, 1.807) is 0 Å². The zero-order chi connectivity index (χ0) is 14.8. The van der Waals surface area contributed by atoms with E-state index in [9.17, 15) is 13.2 Å². The van der Waals surface area contributed by atoms with Gasteiger partial charge in [0.05, 0.1) is 6.10 Å². The molecule has 1 aromatic heterocycles. The minimum Gasteiger partial charge on any atom is -0.378 e. The molecular formula is C12H17F3N4O. The Morgan fingerprint density at radius 2 is 2.10 bits per heavy atom. The third-order valence-corrected chi connectivity index (χ3v) is 3.08. The highest BCUT2D eigenvalue weighted by atomic mass is 19.4. The van der Waals surface area contributed by atoms with Crippen LogP contribution in [0, 0.1) is 0 Å². The van der Waals surface area contributed by atoms with Crippen LogP contribution in [0.1, 0.15) is 25.5 Å². The third-order valence-electron chi connectivity index (χ3n) is 3.08. The van der Waals surface area contributed by atoms with Crippen LogP contribution < -0.4 is 10.6 Å². The molecule has 1 fully saturated rings. The summed E-state index contributed by atoms with van der Waals surface area (Å²) in [5, 5.41) is 5.57. The molecule has 0 aromatic carbocycles. The summed E-state index contributed by atoms with van der Waals surface area (Å²) in [7, 11) is 1.48. The Bertz CT molecular complexity index is 467. The summed E-state index contributed by atoms with van der Waals surface area (Å²) in [6.45, 7) is 2.53. The third kappa shape index (κ3) is 3.72. The Morgan fingerprint density at radius 1 is 1.35 bits per heavy atom. The summed E-state index contributed by atoms with van der Waals surface area (Å²) in [5.74, 6) is 0.123. The molecular weight excluding hydrogens is 273 g/mol. The summed E-state index contributed by atoms with van der Waals surface area (Å²) in [4.78, 5) is 7.43. The summed E-state index contributed by atoms with van der Waals surface area (Å²) in [5.41, 5.74) is -0.959. The largest absolute Gasteiger partial charge is 0.433 e. The maximum absolute atomic E-state index is 12.8. The van der Waals surface area contributed by atoms with Gasteiger partial charge in [0, 0.05) is 25.8 Å². The Morgan fingerprint density at radius 3 is 2.70 bits per heavy atom. The molecule has 0 amide bonds. The van der Waals surface area contributed by atoms with Gasteiger partial charge in [0.1, 0.15) is 5.82 Å². The number of nitrogens with zero attached hydrogens (tertiary/aromatic N) is 2.